The normalized spacial score (nSPS) is 26.3. The highest BCUT2D eigenvalue weighted by Crippen LogP contribution is 2.24. The zero-order chi connectivity index (χ0) is 26.2. The van der Waals surface area contributed by atoms with Crippen molar-refractivity contribution in [2.45, 2.75) is 153 Å². The Morgan fingerprint density at radius 1 is 0.800 bits per heavy atom. The summed E-state index contributed by atoms with van der Waals surface area (Å²) in [5.41, 5.74) is 0. The van der Waals surface area contributed by atoms with Gasteiger partial charge in [-0.25, -0.2) is 4.79 Å². The number of aliphatic hydroxyl groups excluding tert-OH is 5. The first-order valence-electron chi connectivity index (χ1n) is 13.5. The SMILES string of the molecule is CCCCCCCC(O)CC(=O)OC(=O)C(O)CCCCCCCCC1O[C@@H](C)[C@H](O)[C@@H](O)[C@H]1O. The quantitative estimate of drug-likeness (QED) is 0.108. The smallest absolute Gasteiger partial charge is 0.342 e. The summed E-state index contributed by atoms with van der Waals surface area (Å²) in [5.74, 6) is -1.77. The molecule has 206 valence electrons. The van der Waals surface area contributed by atoms with E-state index in [2.05, 4.69) is 11.7 Å². The Balaban J connectivity index is 2.06. The first kappa shape index (κ1) is 31.9. The van der Waals surface area contributed by atoms with Gasteiger partial charge in [-0.3, -0.25) is 4.79 Å². The lowest BCUT2D eigenvalue weighted by molar-refractivity contribution is -0.218. The van der Waals surface area contributed by atoms with Crippen LogP contribution in [0.4, 0.5) is 0 Å². The molecule has 0 aromatic rings. The third-order valence-electron chi connectivity index (χ3n) is 6.70. The minimum Gasteiger partial charge on any atom is -0.393 e. The van der Waals surface area contributed by atoms with Crippen molar-refractivity contribution in [2.24, 2.45) is 0 Å². The number of aliphatic hydroxyl groups is 5. The van der Waals surface area contributed by atoms with Gasteiger partial charge in [0, 0.05) is 0 Å². The van der Waals surface area contributed by atoms with Crippen LogP contribution in [0.2, 0.25) is 0 Å². The Morgan fingerprint density at radius 2 is 1.37 bits per heavy atom. The standard InChI is InChI=1S/C26H48O9/c1-3-4-5-8-11-14-19(27)17-22(29)35-26(33)20(28)15-12-9-6-7-10-13-16-21-24(31)25(32)23(30)18(2)34-21/h18-21,23-25,27-28,30-32H,3-17H2,1-2H3/t18-,19?,20?,21?,23-,24-,25+/m0/s1. The molecule has 0 aromatic carbocycles. The number of carbonyl (C=O) groups is 2. The van der Waals surface area contributed by atoms with Gasteiger partial charge in [-0.2, -0.15) is 0 Å². The number of carbonyl (C=O) groups excluding carboxylic acids is 2. The molecule has 9 heteroatoms. The van der Waals surface area contributed by atoms with E-state index in [0.29, 0.717) is 19.3 Å². The van der Waals surface area contributed by atoms with E-state index in [9.17, 15) is 35.1 Å². The molecular weight excluding hydrogens is 456 g/mol. The van der Waals surface area contributed by atoms with E-state index in [1.165, 1.54) is 0 Å². The van der Waals surface area contributed by atoms with Crippen molar-refractivity contribution in [3.05, 3.63) is 0 Å². The Bertz CT molecular complexity index is 585. The van der Waals surface area contributed by atoms with Gasteiger partial charge in [-0.15, -0.1) is 0 Å². The summed E-state index contributed by atoms with van der Waals surface area (Å²) < 4.78 is 10.3. The first-order chi connectivity index (χ1) is 16.7. The lowest BCUT2D eigenvalue weighted by Crippen LogP contribution is -2.56. The molecular formula is C26H48O9. The fourth-order valence-electron chi connectivity index (χ4n) is 4.38. The third-order valence-corrected chi connectivity index (χ3v) is 6.70. The predicted molar refractivity (Wildman–Crippen MR) is 130 cm³/mol. The van der Waals surface area contributed by atoms with Crippen LogP contribution in [0.5, 0.6) is 0 Å². The lowest BCUT2D eigenvalue weighted by Gasteiger charge is -2.39. The summed E-state index contributed by atoms with van der Waals surface area (Å²) >= 11 is 0. The van der Waals surface area contributed by atoms with Gasteiger partial charge in [-0.1, -0.05) is 77.6 Å². The fourth-order valence-corrected chi connectivity index (χ4v) is 4.38. The Hall–Kier alpha value is -1.10. The van der Waals surface area contributed by atoms with Crippen molar-refractivity contribution in [2.75, 3.05) is 0 Å². The molecule has 1 rings (SSSR count). The van der Waals surface area contributed by atoms with Crippen LogP contribution in [0.15, 0.2) is 0 Å². The van der Waals surface area contributed by atoms with Gasteiger partial charge in [0.05, 0.1) is 24.7 Å². The van der Waals surface area contributed by atoms with Crippen LogP contribution in [-0.4, -0.2) is 80.2 Å². The third kappa shape index (κ3) is 13.1. The summed E-state index contributed by atoms with van der Waals surface area (Å²) in [6.07, 6.45) is 4.78. The van der Waals surface area contributed by atoms with Crippen molar-refractivity contribution in [1.82, 2.24) is 0 Å². The Morgan fingerprint density at radius 3 is 2.03 bits per heavy atom. The Kier molecular flexibility index (Phi) is 16.6. The van der Waals surface area contributed by atoms with Gasteiger partial charge in [0.2, 0.25) is 0 Å². The molecule has 0 spiro atoms. The first-order valence-corrected chi connectivity index (χ1v) is 13.5. The van der Waals surface area contributed by atoms with Gasteiger partial charge in [0.1, 0.15) is 18.3 Å². The van der Waals surface area contributed by atoms with Gasteiger partial charge in [0.25, 0.3) is 0 Å². The molecule has 0 saturated carbocycles. The average molecular weight is 505 g/mol. The van der Waals surface area contributed by atoms with E-state index in [4.69, 9.17) is 4.74 Å². The monoisotopic (exact) mass is 504 g/mol. The highest BCUT2D eigenvalue weighted by Gasteiger charge is 2.41. The summed E-state index contributed by atoms with van der Waals surface area (Å²) in [4.78, 5) is 23.7. The summed E-state index contributed by atoms with van der Waals surface area (Å²) in [6.45, 7) is 3.80. The largest absolute Gasteiger partial charge is 0.393 e. The molecule has 35 heavy (non-hydrogen) atoms. The molecule has 7 atom stereocenters. The second kappa shape index (κ2) is 18.2. The van der Waals surface area contributed by atoms with Crippen LogP contribution < -0.4 is 0 Å². The van der Waals surface area contributed by atoms with Crippen LogP contribution in [0.1, 0.15) is 110 Å². The van der Waals surface area contributed by atoms with E-state index in [1.54, 1.807) is 6.92 Å². The van der Waals surface area contributed by atoms with E-state index in [0.717, 1.165) is 64.2 Å². The van der Waals surface area contributed by atoms with E-state index in [1.807, 2.05) is 0 Å². The zero-order valence-corrected chi connectivity index (χ0v) is 21.5. The molecule has 1 fully saturated rings. The number of esters is 2. The molecule has 0 aromatic heterocycles. The average Bonchev–Trinajstić information content (AvgIpc) is 2.81. The summed E-state index contributed by atoms with van der Waals surface area (Å²) in [7, 11) is 0. The van der Waals surface area contributed by atoms with Gasteiger partial charge in [-0.05, 0) is 26.2 Å². The van der Waals surface area contributed by atoms with Crippen molar-refractivity contribution in [1.29, 1.82) is 0 Å². The maximum Gasteiger partial charge on any atom is 0.342 e. The van der Waals surface area contributed by atoms with Crippen LogP contribution in [0, 0.1) is 0 Å². The second-order valence-electron chi connectivity index (χ2n) is 9.92. The van der Waals surface area contributed by atoms with Crippen molar-refractivity contribution >= 4 is 11.9 Å². The molecule has 0 radical (unpaired) electrons. The van der Waals surface area contributed by atoms with Crippen LogP contribution >= 0.6 is 0 Å². The maximum atomic E-state index is 11.9. The lowest BCUT2D eigenvalue weighted by atomic mass is 9.92. The predicted octanol–water partition coefficient (Wildman–Crippen LogP) is 2.52. The number of rotatable bonds is 18. The van der Waals surface area contributed by atoms with Crippen LogP contribution in [0.25, 0.3) is 0 Å². The molecule has 0 aliphatic carbocycles. The molecule has 0 bridgehead atoms. The highest BCUT2D eigenvalue weighted by molar-refractivity contribution is 5.87. The van der Waals surface area contributed by atoms with Crippen molar-refractivity contribution in [3.8, 4) is 0 Å². The van der Waals surface area contributed by atoms with Gasteiger partial charge >= 0.3 is 11.9 Å². The zero-order valence-electron chi connectivity index (χ0n) is 21.5. The van der Waals surface area contributed by atoms with E-state index >= 15 is 0 Å². The van der Waals surface area contributed by atoms with Gasteiger partial charge in [0.15, 0.2) is 6.10 Å². The molecule has 1 aliphatic heterocycles. The number of hydrogen-bond donors (Lipinski definition) is 5. The van der Waals surface area contributed by atoms with E-state index < -0.39 is 54.7 Å². The molecule has 1 saturated heterocycles. The molecule has 5 N–H and O–H groups in total. The van der Waals surface area contributed by atoms with Crippen LogP contribution in [-0.2, 0) is 19.1 Å². The van der Waals surface area contributed by atoms with E-state index in [-0.39, 0.29) is 12.8 Å². The minimum atomic E-state index is -1.35. The van der Waals surface area contributed by atoms with Crippen molar-refractivity contribution in [3.63, 3.8) is 0 Å². The molecule has 0 amide bonds. The molecule has 9 nitrogen and oxygen atoms in total. The maximum absolute atomic E-state index is 11.9. The minimum absolute atomic E-state index is 0.215. The summed E-state index contributed by atoms with van der Waals surface area (Å²) in [6, 6.07) is 0. The molecule has 3 unspecified atom stereocenters. The Labute approximate surface area is 209 Å². The highest BCUT2D eigenvalue weighted by atomic mass is 16.6. The summed E-state index contributed by atoms with van der Waals surface area (Å²) in [5, 5.41) is 49.4. The van der Waals surface area contributed by atoms with Crippen LogP contribution in [0.3, 0.4) is 0 Å². The topological polar surface area (TPSA) is 154 Å². The molecule has 1 aliphatic rings. The van der Waals surface area contributed by atoms with Crippen molar-refractivity contribution < 1.29 is 44.6 Å². The number of unbranched alkanes of at least 4 members (excludes halogenated alkanes) is 9. The molecule has 1 heterocycles. The second-order valence-corrected chi connectivity index (χ2v) is 9.92. The fraction of sp³-hybridized carbons (Fsp3) is 0.923. The number of ether oxygens (including phenoxy) is 2. The number of hydrogen-bond acceptors (Lipinski definition) is 9. The van der Waals surface area contributed by atoms with Gasteiger partial charge < -0.3 is 35.0 Å².